The Morgan fingerprint density at radius 1 is 1.24 bits per heavy atom. The van der Waals surface area contributed by atoms with E-state index < -0.39 is 17.2 Å². The first-order valence-electron chi connectivity index (χ1n) is 12.9. The Hall–Kier alpha value is -3.70. The lowest BCUT2D eigenvalue weighted by atomic mass is 10.1. The van der Waals surface area contributed by atoms with Crippen molar-refractivity contribution in [1.82, 2.24) is 9.47 Å². The van der Waals surface area contributed by atoms with Crippen LogP contribution in [-0.2, 0) is 6.54 Å². The summed E-state index contributed by atoms with van der Waals surface area (Å²) in [6, 6.07) is 5.00. The summed E-state index contributed by atoms with van der Waals surface area (Å²) >= 11 is 0. The number of hydrogen-bond acceptors (Lipinski definition) is 8. The minimum absolute atomic E-state index is 0.0220. The fourth-order valence-corrected chi connectivity index (χ4v) is 5.51. The number of aromatic carboxylic acids is 1. The highest BCUT2D eigenvalue weighted by Gasteiger charge is 2.32. The fraction of sp³-hybridized carbons (Fsp3) is 0.444. The second kappa shape index (κ2) is 9.55. The number of carboxylic acids is 1. The van der Waals surface area contributed by atoms with E-state index in [2.05, 4.69) is 9.89 Å². The molecule has 0 amide bonds. The molecule has 4 heterocycles. The molecule has 10 nitrogen and oxygen atoms in total. The predicted octanol–water partition coefficient (Wildman–Crippen LogP) is 2.62. The number of hydrogen-bond donors (Lipinski definition) is 2. The SMILES string of the molecule is COc1c(N2CCN(Cc3ccc(C4=NCCC4N)o3)CC2)c(F)cc2c(=O)c(C(=O)O)cn(C3CC3)c12. The van der Waals surface area contributed by atoms with Gasteiger partial charge in [0.2, 0.25) is 5.43 Å². The largest absolute Gasteiger partial charge is 0.492 e. The van der Waals surface area contributed by atoms with E-state index in [1.165, 1.54) is 13.3 Å². The number of methoxy groups -OCH3 is 1. The molecule has 1 aliphatic carbocycles. The third-order valence-electron chi connectivity index (χ3n) is 7.63. The van der Waals surface area contributed by atoms with Crippen LogP contribution < -0.4 is 20.8 Å². The van der Waals surface area contributed by atoms with Gasteiger partial charge in [0, 0.05) is 45.0 Å². The maximum Gasteiger partial charge on any atom is 0.341 e. The lowest BCUT2D eigenvalue weighted by Gasteiger charge is -2.36. The van der Waals surface area contributed by atoms with Gasteiger partial charge >= 0.3 is 5.97 Å². The molecule has 1 aromatic carbocycles. The van der Waals surface area contributed by atoms with Crippen molar-refractivity contribution >= 4 is 28.3 Å². The van der Waals surface area contributed by atoms with Gasteiger partial charge in [0.15, 0.2) is 11.6 Å². The Bertz CT molecular complexity index is 1500. The zero-order valence-corrected chi connectivity index (χ0v) is 21.2. The van der Waals surface area contributed by atoms with Crippen LogP contribution in [0.15, 0.2) is 38.6 Å². The first-order valence-corrected chi connectivity index (χ1v) is 12.9. The van der Waals surface area contributed by atoms with E-state index in [9.17, 15) is 14.7 Å². The summed E-state index contributed by atoms with van der Waals surface area (Å²) in [5, 5.41) is 9.56. The number of benzene rings is 1. The molecule has 6 rings (SSSR count). The number of carboxylic acid groups (broad SMARTS) is 1. The number of furan rings is 1. The van der Waals surface area contributed by atoms with Crippen molar-refractivity contribution < 1.29 is 23.4 Å². The summed E-state index contributed by atoms with van der Waals surface area (Å²) in [7, 11) is 1.45. The number of piperazine rings is 1. The molecule has 3 aliphatic rings. The maximum absolute atomic E-state index is 15.6. The van der Waals surface area contributed by atoms with E-state index >= 15 is 4.39 Å². The molecule has 3 N–H and O–H groups in total. The van der Waals surface area contributed by atoms with Crippen LogP contribution in [0.4, 0.5) is 10.1 Å². The lowest BCUT2D eigenvalue weighted by Crippen LogP contribution is -2.46. The second-order valence-electron chi connectivity index (χ2n) is 10.1. The number of halogens is 1. The molecular formula is C27H30FN5O5. The molecule has 1 saturated carbocycles. The minimum Gasteiger partial charge on any atom is -0.492 e. The summed E-state index contributed by atoms with van der Waals surface area (Å²) in [6.45, 7) is 3.78. The van der Waals surface area contributed by atoms with E-state index in [1.54, 1.807) is 4.57 Å². The number of fused-ring (bicyclic) bond motifs is 1. The Kier molecular flexibility index (Phi) is 6.19. The van der Waals surface area contributed by atoms with Gasteiger partial charge in [0.05, 0.1) is 36.3 Å². The van der Waals surface area contributed by atoms with Crippen molar-refractivity contribution in [2.45, 2.75) is 37.9 Å². The van der Waals surface area contributed by atoms with Crippen molar-refractivity contribution in [2.75, 3.05) is 44.7 Å². The first kappa shape index (κ1) is 24.6. The normalized spacial score (nSPS) is 20.2. The minimum atomic E-state index is -1.33. The molecule has 3 aromatic rings. The zero-order valence-electron chi connectivity index (χ0n) is 21.2. The van der Waals surface area contributed by atoms with Crippen LogP contribution in [0.25, 0.3) is 10.9 Å². The third-order valence-corrected chi connectivity index (χ3v) is 7.63. The smallest absolute Gasteiger partial charge is 0.341 e. The van der Waals surface area contributed by atoms with Crippen molar-refractivity contribution in [2.24, 2.45) is 10.7 Å². The van der Waals surface area contributed by atoms with Gasteiger partial charge in [-0.2, -0.15) is 0 Å². The molecule has 0 bridgehead atoms. The van der Waals surface area contributed by atoms with Gasteiger partial charge in [0.1, 0.15) is 22.8 Å². The second-order valence-corrected chi connectivity index (χ2v) is 10.1. The molecule has 2 aliphatic heterocycles. The molecule has 2 aromatic heterocycles. The number of carbonyl (C=O) groups is 1. The summed E-state index contributed by atoms with van der Waals surface area (Å²) in [5.74, 6) is -0.117. The number of aromatic nitrogens is 1. The monoisotopic (exact) mass is 523 g/mol. The molecule has 1 saturated heterocycles. The van der Waals surface area contributed by atoms with Gasteiger partial charge in [-0.3, -0.25) is 14.7 Å². The van der Waals surface area contributed by atoms with Gasteiger partial charge in [0.25, 0.3) is 0 Å². The summed E-state index contributed by atoms with van der Waals surface area (Å²) in [6.07, 6.45) is 3.92. The molecule has 11 heteroatoms. The average Bonchev–Trinajstić information content (AvgIpc) is 3.50. The molecule has 1 unspecified atom stereocenters. The Morgan fingerprint density at radius 2 is 2.00 bits per heavy atom. The van der Waals surface area contributed by atoms with E-state index in [-0.39, 0.29) is 28.8 Å². The lowest BCUT2D eigenvalue weighted by molar-refractivity contribution is 0.0694. The van der Waals surface area contributed by atoms with Crippen LogP contribution in [0, 0.1) is 5.82 Å². The van der Waals surface area contributed by atoms with Crippen LogP contribution in [0.3, 0.4) is 0 Å². The van der Waals surface area contributed by atoms with Gasteiger partial charge in [-0.15, -0.1) is 0 Å². The number of rotatable bonds is 7. The summed E-state index contributed by atoms with van der Waals surface area (Å²) < 4.78 is 29.1. The number of ether oxygens (including phenoxy) is 1. The van der Waals surface area contributed by atoms with Crippen LogP contribution in [0.2, 0.25) is 0 Å². The Morgan fingerprint density at radius 3 is 2.63 bits per heavy atom. The van der Waals surface area contributed by atoms with Crippen LogP contribution in [0.1, 0.15) is 47.2 Å². The van der Waals surface area contributed by atoms with Gasteiger partial charge in [-0.05, 0) is 37.5 Å². The van der Waals surface area contributed by atoms with Crippen molar-refractivity contribution in [1.29, 1.82) is 0 Å². The van der Waals surface area contributed by atoms with Crippen molar-refractivity contribution in [3.8, 4) is 5.75 Å². The van der Waals surface area contributed by atoms with E-state index in [4.69, 9.17) is 14.9 Å². The predicted molar refractivity (Wildman–Crippen MR) is 140 cm³/mol. The topological polar surface area (TPSA) is 127 Å². The van der Waals surface area contributed by atoms with Crippen LogP contribution >= 0.6 is 0 Å². The first-order chi connectivity index (χ1) is 18.4. The van der Waals surface area contributed by atoms with E-state index in [1.807, 2.05) is 17.0 Å². The number of nitrogens with zero attached hydrogens (tertiary/aromatic N) is 4. The van der Waals surface area contributed by atoms with Gasteiger partial charge < -0.3 is 29.5 Å². The fourth-order valence-electron chi connectivity index (χ4n) is 5.51. The van der Waals surface area contributed by atoms with E-state index in [0.717, 1.165) is 49.1 Å². The highest BCUT2D eigenvalue weighted by molar-refractivity contribution is 6.03. The Balaban J connectivity index is 1.26. The molecule has 38 heavy (non-hydrogen) atoms. The highest BCUT2D eigenvalue weighted by Crippen LogP contribution is 2.43. The standard InChI is InChI=1S/C27H30FN5O5/c1-37-26-23-17(25(34)18(27(35)36)14-33(23)15-2-3-15)12-19(28)24(26)32-10-8-31(9-11-32)13-16-4-5-21(38-16)22-20(29)6-7-30-22/h4-5,12,14-15,20H,2-3,6-11,13,29H2,1H3,(H,35,36). The number of nitrogens with two attached hydrogens (primary N) is 1. The van der Waals surface area contributed by atoms with Crippen LogP contribution in [0.5, 0.6) is 5.75 Å². The summed E-state index contributed by atoms with van der Waals surface area (Å²) in [5.41, 5.74) is 6.60. The molecule has 0 spiro atoms. The van der Waals surface area contributed by atoms with Gasteiger partial charge in [-0.25, -0.2) is 9.18 Å². The Labute approximate surface area is 218 Å². The highest BCUT2D eigenvalue weighted by atomic mass is 19.1. The van der Waals surface area contributed by atoms with Crippen molar-refractivity contribution in [3.63, 3.8) is 0 Å². The number of pyridine rings is 1. The molecular weight excluding hydrogens is 493 g/mol. The van der Waals surface area contributed by atoms with Crippen LogP contribution in [-0.4, -0.2) is 72.1 Å². The third kappa shape index (κ3) is 4.25. The van der Waals surface area contributed by atoms with Crippen molar-refractivity contribution in [3.05, 3.63) is 57.5 Å². The number of aliphatic imine (C=N–C) groups is 1. The van der Waals surface area contributed by atoms with Gasteiger partial charge in [-0.1, -0.05) is 0 Å². The molecule has 0 radical (unpaired) electrons. The molecule has 2 fully saturated rings. The number of anilines is 1. The maximum atomic E-state index is 15.6. The average molecular weight is 524 g/mol. The molecule has 1 atom stereocenters. The zero-order chi connectivity index (χ0) is 26.6. The summed E-state index contributed by atoms with van der Waals surface area (Å²) in [4.78, 5) is 33.2. The molecule has 200 valence electrons. The van der Waals surface area contributed by atoms with E-state index in [0.29, 0.717) is 43.9 Å². The quantitative estimate of drug-likeness (QED) is 0.484.